The van der Waals surface area contributed by atoms with Crippen LogP contribution in [0, 0.1) is 5.92 Å². The van der Waals surface area contributed by atoms with Crippen molar-refractivity contribution in [2.45, 2.75) is 68.7 Å². The lowest BCUT2D eigenvalue weighted by Crippen LogP contribution is -2.51. The number of halogens is 3. The molecule has 0 unspecified atom stereocenters. The number of carboxylic acid groups (broad SMARTS) is 1. The van der Waals surface area contributed by atoms with Crippen LogP contribution in [0.5, 0.6) is 0 Å². The molecule has 0 aliphatic heterocycles. The zero-order valence-corrected chi connectivity index (χ0v) is 23.7. The summed E-state index contributed by atoms with van der Waals surface area (Å²) in [7, 11) is -1.85. The lowest BCUT2D eigenvalue weighted by molar-refractivity contribution is -0.136. The Balaban J connectivity index is 1.53. The summed E-state index contributed by atoms with van der Waals surface area (Å²) >= 11 is 0. The van der Waals surface area contributed by atoms with E-state index in [1.54, 1.807) is 0 Å². The Kier molecular flexibility index (Phi) is 8.78. The summed E-state index contributed by atoms with van der Waals surface area (Å²) in [6.07, 6.45) is -3.14. The monoisotopic (exact) mass is 594 g/mol. The third kappa shape index (κ3) is 7.07. The number of rotatable bonds is 9. The number of sulfone groups is 1. The summed E-state index contributed by atoms with van der Waals surface area (Å²) in [4.78, 5) is 33.2. The van der Waals surface area contributed by atoms with Gasteiger partial charge in [-0.15, -0.1) is 0 Å². The molecule has 1 amide bonds. The van der Waals surface area contributed by atoms with Crippen LogP contribution in [0.15, 0.2) is 47.4 Å². The number of aromatic nitrogens is 2. The summed E-state index contributed by atoms with van der Waals surface area (Å²) in [5.41, 5.74) is -1.03. The maximum atomic E-state index is 13.4. The molecule has 3 N–H and O–H groups in total. The zero-order valence-electron chi connectivity index (χ0n) is 22.9. The van der Waals surface area contributed by atoms with Crippen LogP contribution in [0.25, 0.3) is 11.0 Å². The molecule has 1 heterocycles. The quantitative estimate of drug-likeness (QED) is 0.337. The van der Waals surface area contributed by atoms with E-state index in [0.29, 0.717) is 12.8 Å². The third-order valence-corrected chi connectivity index (χ3v) is 9.64. The molecule has 1 aliphatic rings. The minimum atomic E-state index is -4.59. The van der Waals surface area contributed by atoms with Crippen LogP contribution in [0.4, 0.5) is 13.2 Å². The van der Waals surface area contributed by atoms with Gasteiger partial charge in [-0.25, -0.2) is 18.2 Å². The SMILES string of the molecule is CC(C)N(C)[C@@H]1CC[C@H](NC(=O)Cc2nc3c(C(F)(F)F)cccc3[nH]2)[C@H](CS(=O)(=O)c2ccc(C(=O)O)cc2)C1. The van der Waals surface area contributed by atoms with Gasteiger partial charge in [0.1, 0.15) is 11.3 Å². The molecular formula is C28H33F3N4O5S. The normalized spacial score (nSPS) is 20.0. The summed E-state index contributed by atoms with van der Waals surface area (Å²) < 4.78 is 66.8. The number of H-pyrrole nitrogens is 1. The fourth-order valence-electron chi connectivity index (χ4n) is 5.39. The number of benzene rings is 2. The van der Waals surface area contributed by atoms with Crippen LogP contribution in [0.1, 0.15) is 54.9 Å². The molecule has 1 aliphatic carbocycles. The fourth-order valence-corrected chi connectivity index (χ4v) is 7.07. The molecule has 13 heteroatoms. The average molecular weight is 595 g/mol. The predicted octanol–water partition coefficient (Wildman–Crippen LogP) is 4.29. The maximum absolute atomic E-state index is 13.4. The van der Waals surface area contributed by atoms with Crippen LogP contribution in [0.2, 0.25) is 0 Å². The number of nitrogens with zero attached hydrogens (tertiary/aromatic N) is 2. The zero-order chi connectivity index (χ0) is 30.1. The van der Waals surface area contributed by atoms with Gasteiger partial charge in [0, 0.05) is 18.1 Å². The number of alkyl halides is 3. The van der Waals surface area contributed by atoms with Gasteiger partial charge in [0.25, 0.3) is 0 Å². The molecule has 3 aromatic rings. The topological polar surface area (TPSA) is 132 Å². The van der Waals surface area contributed by atoms with Crippen LogP contribution >= 0.6 is 0 Å². The first kappa shape index (κ1) is 30.5. The molecule has 1 saturated carbocycles. The van der Waals surface area contributed by atoms with Crippen LogP contribution in [-0.2, 0) is 27.2 Å². The van der Waals surface area contributed by atoms with E-state index in [4.69, 9.17) is 5.11 Å². The molecule has 41 heavy (non-hydrogen) atoms. The second-order valence-corrected chi connectivity index (χ2v) is 12.9. The van der Waals surface area contributed by atoms with Crippen molar-refractivity contribution in [2.75, 3.05) is 12.8 Å². The fraction of sp³-hybridized carbons (Fsp3) is 0.464. The van der Waals surface area contributed by atoms with Gasteiger partial charge in [0.15, 0.2) is 9.84 Å². The number of hydrogen-bond donors (Lipinski definition) is 3. The number of nitrogens with one attached hydrogen (secondary N) is 2. The maximum Gasteiger partial charge on any atom is 0.418 e. The van der Waals surface area contributed by atoms with Gasteiger partial charge < -0.3 is 20.3 Å². The van der Waals surface area contributed by atoms with E-state index in [-0.39, 0.29) is 51.6 Å². The number of para-hydroxylation sites is 1. The smallest absolute Gasteiger partial charge is 0.418 e. The number of fused-ring (bicyclic) bond motifs is 1. The minimum Gasteiger partial charge on any atom is -0.478 e. The van der Waals surface area contributed by atoms with Gasteiger partial charge in [-0.05, 0) is 82.5 Å². The van der Waals surface area contributed by atoms with Crippen LogP contribution in [-0.4, -0.2) is 71.2 Å². The first-order valence-electron chi connectivity index (χ1n) is 13.3. The number of carboxylic acids is 1. The Hall–Kier alpha value is -3.45. The Morgan fingerprint density at radius 1 is 1.15 bits per heavy atom. The molecule has 0 spiro atoms. The minimum absolute atomic E-state index is 0.00495. The summed E-state index contributed by atoms with van der Waals surface area (Å²) in [5, 5.41) is 12.0. The molecule has 0 saturated heterocycles. The van der Waals surface area contributed by atoms with Crippen molar-refractivity contribution in [3.8, 4) is 0 Å². The molecule has 1 aromatic heterocycles. The lowest BCUT2D eigenvalue weighted by Gasteiger charge is -2.41. The Bertz CT molecular complexity index is 1520. The molecule has 2 aromatic carbocycles. The molecule has 0 radical (unpaired) electrons. The number of hydrogen-bond acceptors (Lipinski definition) is 6. The van der Waals surface area contributed by atoms with Crippen LogP contribution in [0.3, 0.4) is 0 Å². The first-order valence-corrected chi connectivity index (χ1v) is 14.9. The molecular weight excluding hydrogens is 561 g/mol. The molecule has 222 valence electrons. The van der Waals surface area contributed by atoms with Crippen molar-refractivity contribution in [3.63, 3.8) is 0 Å². The van der Waals surface area contributed by atoms with Crippen molar-refractivity contribution in [1.82, 2.24) is 20.2 Å². The molecule has 4 rings (SSSR count). The van der Waals surface area contributed by atoms with Gasteiger partial charge in [-0.3, -0.25) is 4.79 Å². The second kappa shape index (κ2) is 11.8. The number of carbonyl (C=O) groups excluding carboxylic acids is 1. The largest absolute Gasteiger partial charge is 0.478 e. The van der Waals surface area contributed by atoms with E-state index in [1.165, 1.54) is 36.4 Å². The van der Waals surface area contributed by atoms with E-state index in [0.717, 1.165) is 12.5 Å². The van der Waals surface area contributed by atoms with Gasteiger partial charge in [-0.2, -0.15) is 13.2 Å². The lowest BCUT2D eigenvalue weighted by atomic mass is 9.81. The average Bonchev–Trinajstić information content (AvgIpc) is 3.30. The van der Waals surface area contributed by atoms with Crippen molar-refractivity contribution < 1.29 is 36.3 Å². The van der Waals surface area contributed by atoms with Gasteiger partial charge in [0.2, 0.25) is 5.91 Å². The first-order chi connectivity index (χ1) is 19.2. The summed E-state index contributed by atoms with van der Waals surface area (Å²) in [6.45, 7) is 4.09. The van der Waals surface area contributed by atoms with E-state index >= 15 is 0 Å². The molecule has 0 bridgehead atoms. The predicted molar refractivity (Wildman–Crippen MR) is 146 cm³/mol. The number of carbonyl (C=O) groups is 2. The molecule has 3 atom stereocenters. The number of amides is 1. The van der Waals surface area contributed by atoms with E-state index < -0.39 is 45.4 Å². The highest BCUT2D eigenvalue weighted by molar-refractivity contribution is 7.91. The highest BCUT2D eigenvalue weighted by Gasteiger charge is 2.37. The van der Waals surface area contributed by atoms with E-state index in [2.05, 4.69) is 20.2 Å². The third-order valence-electron chi connectivity index (χ3n) is 7.78. The second-order valence-electron chi connectivity index (χ2n) is 10.8. The Labute approximate surface area is 236 Å². The van der Waals surface area contributed by atoms with E-state index in [1.807, 2.05) is 20.9 Å². The number of aromatic carboxylic acids is 1. The van der Waals surface area contributed by atoms with Crippen LogP contribution < -0.4 is 5.32 Å². The summed E-state index contributed by atoms with van der Waals surface area (Å²) in [6, 6.07) is 8.49. The molecule has 9 nitrogen and oxygen atoms in total. The number of imidazole rings is 1. The van der Waals surface area contributed by atoms with Gasteiger partial charge in [-0.1, -0.05) is 6.07 Å². The Morgan fingerprint density at radius 2 is 1.83 bits per heavy atom. The van der Waals surface area contributed by atoms with Crippen molar-refractivity contribution in [3.05, 3.63) is 59.4 Å². The highest BCUT2D eigenvalue weighted by atomic mass is 32.2. The molecule has 1 fully saturated rings. The summed E-state index contributed by atoms with van der Waals surface area (Å²) in [5.74, 6) is -2.28. The highest BCUT2D eigenvalue weighted by Crippen LogP contribution is 2.34. The van der Waals surface area contributed by atoms with E-state index in [9.17, 15) is 31.2 Å². The van der Waals surface area contributed by atoms with Gasteiger partial charge >= 0.3 is 12.1 Å². The van der Waals surface area contributed by atoms with Crippen molar-refractivity contribution >= 4 is 32.7 Å². The number of aromatic amines is 1. The van der Waals surface area contributed by atoms with Crippen molar-refractivity contribution in [1.29, 1.82) is 0 Å². The Morgan fingerprint density at radius 3 is 2.44 bits per heavy atom. The standard InChI is InChI=1S/C28H33F3N4O5S/c1-16(2)35(3)19-9-12-22(18(13-19)15-41(39,40)20-10-7-17(8-11-20)27(37)38)33-25(36)14-24-32-23-6-4-5-21(26(23)34-24)28(29,30)31/h4-8,10-11,16,18-19,22H,9,12-15H2,1-3H3,(H,32,34)(H,33,36)(H,37,38)/t18-,19+,22-/m0/s1. The van der Waals surface area contributed by atoms with Crippen molar-refractivity contribution in [2.24, 2.45) is 5.92 Å². The van der Waals surface area contributed by atoms with Gasteiger partial charge in [0.05, 0.1) is 33.7 Å².